The van der Waals surface area contributed by atoms with Crippen molar-refractivity contribution in [3.63, 3.8) is 0 Å². The number of methoxy groups -OCH3 is 1. The molecule has 8 heteroatoms. The second-order valence-electron chi connectivity index (χ2n) is 6.89. The minimum absolute atomic E-state index is 0.0761. The van der Waals surface area contributed by atoms with E-state index in [-0.39, 0.29) is 23.8 Å². The van der Waals surface area contributed by atoms with Crippen LogP contribution in [0.1, 0.15) is 33.4 Å². The quantitative estimate of drug-likeness (QED) is 0.741. The van der Waals surface area contributed by atoms with Gasteiger partial charge in [-0.1, -0.05) is 12.1 Å². The van der Waals surface area contributed by atoms with Crippen LogP contribution in [0.2, 0.25) is 0 Å². The van der Waals surface area contributed by atoms with Crippen molar-refractivity contribution in [1.82, 2.24) is 15.1 Å². The summed E-state index contributed by atoms with van der Waals surface area (Å²) in [6, 6.07) is 9.97. The number of carbonyl (C=O) groups excluding carboxylic acids is 3. The van der Waals surface area contributed by atoms with Gasteiger partial charge in [-0.3, -0.25) is 14.5 Å². The Morgan fingerprint density at radius 2 is 1.79 bits per heavy atom. The SMILES string of the molecule is COC(=O)c1ccc(CNC(=O)C(C)N2CCN(C(=O)c3ccco3)CC2)cc1. The van der Waals surface area contributed by atoms with Crippen LogP contribution in [0, 0.1) is 0 Å². The van der Waals surface area contributed by atoms with Crippen molar-refractivity contribution in [3.8, 4) is 0 Å². The van der Waals surface area contributed by atoms with Crippen LogP contribution < -0.4 is 5.32 Å². The number of furan rings is 1. The number of nitrogens with one attached hydrogen (secondary N) is 1. The largest absolute Gasteiger partial charge is 0.465 e. The first-order chi connectivity index (χ1) is 14.0. The predicted molar refractivity (Wildman–Crippen MR) is 105 cm³/mol. The Balaban J connectivity index is 1.46. The van der Waals surface area contributed by atoms with Crippen molar-refractivity contribution in [1.29, 1.82) is 0 Å². The Morgan fingerprint density at radius 3 is 2.38 bits per heavy atom. The molecule has 8 nitrogen and oxygen atoms in total. The summed E-state index contributed by atoms with van der Waals surface area (Å²) in [4.78, 5) is 40.1. The molecule has 3 rings (SSSR count). The first-order valence-corrected chi connectivity index (χ1v) is 9.51. The van der Waals surface area contributed by atoms with Gasteiger partial charge >= 0.3 is 5.97 Å². The molecule has 2 aromatic rings. The van der Waals surface area contributed by atoms with E-state index in [1.807, 2.05) is 6.92 Å². The van der Waals surface area contributed by atoms with E-state index in [4.69, 9.17) is 4.42 Å². The molecule has 0 spiro atoms. The van der Waals surface area contributed by atoms with Gasteiger partial charge in [-0.05, 0) is 36.8 Å². The highest BCUT2D eigenvalue weighted by atomic mass is 16.5. The minimum atomic E-state index is -0.390. The van der Waals surface area contributed by atoms with Crippen LogP contribution >= 0.6 is 0 Å². The summed E-state index contributed by atoms with van der Waals surface area (Å²) >= 11 is 0. The summed E-state index contributed by atoms with van der Waals surface area (Å²) in [5.41, 5.74) is 1.37. The molecule has 1 aliphatic heterocycles. The van der Waals surface area contributed by atoms with Gasteiger partial charge in [0.15, 0.2) is 5.76 Å². The molecule has 29 heavy (non-hydrogen) atoms. The number of nitrogens with zero attached hydrogens (tertiary/aromatic N) is 2. The molecule has 0 radical (unpaired) electrons. The molecule has 154 valence electrons. The van der Waals surface area contributed by atoms with Crippen LogP contribution in [0.5, 0.6) is 0 Å². The number of piperazine rings is 1. The number of hydrogen-bond acceptors (Lipinski definition) is 6. The normalized spacial score (nSPS) is 15.6. The third-order valence-corrected chi connectivity index (χ3v) is 5.10. The molecule has 1 aromatic carbocycles. The van der Waals surface area contributed by atoms with Crippen molar-refractivity contribution in [2.75, 3.05) is 33.3 Å². The van der Waals surface area contributed by atoms with Gasteiger partial charge in [-0.15, -0.1) is 0 Å². The lowest BCUT2D eigenvalue weighted by atomic mass is 10.1. The standard InChI is InChI=1S/C21H25N3O5/c1-15(19(25)22-14-16-5-7-17(8-6-16)21(27)28-2)23-9-11-24(12-10-23)20(26)18-4-3-13-29-18/h3-8,13,15H,9-12,14H2,1-2H3,(H,22,25). The first kappa shape index (κ1) is 20.6. The lowest BCUT2D eigenvalue weighted by molar-refractivity contribution is -0.126. The number of benzene rings is 1. The molecule has 1 atom stereocenters. The van der Waals surface area contributed by atoms with Crippen LogP contribution in [0.3, 0.4) is 0 Å². The molecule has 0 saturated carbocycles. The highest BCUT2D eigenvalue weighted by Gasteiger charge is 2.28. The maximum absolute atomic E-state index is 12.5. The highest BCUT2D eigenvalue weighted by molar-refractivity contribution is 5.91. The first-order valence-electron chi connectivity index (χ1n) is 9.51. The maximum atomic E-state index is 12.5. The Morgan fingerprint density at radius 1 is 1.10 bits per heavy atom. The van der Waals surface area contributed by atoms with Crippen LogP contribution in [-0.4, -0.2) is 66.9 Å². The second kappa shape index (κ2) is 9.38. The van der Waals surface area contributed by atoms with Crippen LogP contribution in [0.4, 0.5) is 0 Å². The summed E-state index contributed by atoms with van der Waals surface area (Å²) in [5, 5.41) is 2.92. The Labute approximate surface area is 169 Å². The van der Waals surface area contributed by atoms with Gasteiger partial charge in [0.05, 0.1) is 25.0 Å². The van der Waals surface area contributed by atoms with Gasteiger partial charge in [-0.25, -0.2) is 4.79 Å². The molecule has 0 aliphatic carbocycles. The molecule has 2 heterocycles. The fourth-order valence-electron chi connectivity index (χ4n) is 3.25. The molecule has 1 aromatic heterocycles. The lowest BCUT2D eigenvalue weighted by Crippen LogP contribution is -2.54. The lowest BCUT2D eigenvalue weighted by Gasteiger charge is -2.37. The number of ether oxygens (including phenoxy) is 1. The monoisotopic (exact) mass is 399 g/mol. The molecular formula is C21H25N3O5. The predicted octanol–water partition coefficient (Wildman–Crippen LogP) is 1.53. The molecule has 1 saturated heterocycles. The summed E-state index contributed by atoms with van der Waals surface area (Å²) < 4.78 is 9.84. The summed E-state index contributed by atoms with van der Waals surface area (Å²) in [5.74, 6) is -0.253. The number of carbonyl (C=O) groups is 3. The van der Waals surface area contributed by atoms with Crippen LogP contribution in [0.15, 0.2) is 47.1 Å². The molecule has 2 amide bonds. The third-order valence-electron chi connectivity index (χ3n) is 5.10. The smallest absolute Gasteiger partial charge is 0.337 e. The summed E-state index contributed by atoms with van der Waals surface area (Å²) in [7, 11) is 1.34. The average Bonchev–Trinajstić information content (AvgIpc) is 3.31. The molecular weight excluding hydrogens is 374 g/mol. The van der Waals surface area contributed by atoms with Gasteiger partial charge in [0, 0.05) is 32.7 Å². The zero-order chi connectivity index (χ0) is 20.8. The number of amides is 2. The fraction of sp³-hybridized carbons (Fsp3) is 0.381. The highest BCUT2D eigenvalue weighted by Crippen LogP contribution is 2.12. The molecule has 1 fully saturated rings. The topological polar surface area (TPSA) is 92.1 Å². The van der Waals surface area contributed by atoms with E-state index >= 15 is 0 Å². The van der Waals surface area contributed by atoms with Gasteiger partial charge in [0.2, 0.25) is 5.91 Å². The van der Waals surface area contributed by atoms with Gasteiger partial charge < -0.3 is 19.4 Å². The Bertz CT molecular complexity index is 840. The van der Waals surface area contributed by atoms with Gasteiger partial charge in [0.25, 0.3) is 5.91 Å². The van der Waals surface area contributed by atoms with Crippen LogP contribution in [0.25, 0.3) is 0 Å². The number of esters is 1. The van der Waals surface area contributed by atoms with Gasteiger partial charge in [-0.2, -0.15) is 0 Å². The zero-order valence-corrected chi connectivity index (χ0v) is 16.6. The molecule has 1 aliphatic rings. The van der Waals surface area contributed by atoms with Crippen molar-refractivity contribution < 1.29 is 23.5 Å². The van der Waals surface area contributed by atoms with Crippen molar-refractivity contribution in [2.45, 2.75) is 19.5 Å². The number of hydrogen-bond donors (Lipinski definition) is 1. The van der Waals surface area contributed by atoms with Crippen LogP contribution in [-0.2, 0) is 16.1 Å². The van der Waals surface area contributed by atoms with E-state index in [1.54, 1.807) is 41.3 Å². The van der Waals surface area contributed by atoms with Gasteiger partial charge in [0.1, 0.15) is 0 Å². The van der Waals surface area contributed by atoms with E-state index < -0.39 is 0 Å². The van der Waals surface area contributed by atoms with E-state index in [0.717, 1.165) is 5.56 Å². The van der Waals surface area contributed by atoms with E-state index in [1.165, 1.54) is 13.4 Å². The molecule has 0 bridgehead atoms. The Kier molecular flexibility index (Phi) is 6.66. The summed E-state index contributed by atoms with van der Waals surface area (Å²) in [6.07, 6.45) is 1.49. The van der Waals surface area contributed by atoms with Crippen molar-refractivity contribution >= 4 is 17.8 Å². The molecule has 1 N–H and O–H groups in total. The average molecular weight is 399 g/mol. The van der Waals surface area contributed by atoms with E-state index in [9.17, 15) is 14.4 Å². The van der Waals surface area contributed by atoms with Crippen molar-refractivity contribution in [2.24, 2.45) is 0 Å². The second-order valence-corrected chi connectivity index (χ2v) is 6.89. The minimum Gasteiger partial charge on any atom is -0.465 e. The Hall–Kier alpha value is -3.13. The van der Waals surface area contributed by atoms with E-state index in [2.05, 4.69) is 15.0 Å². The fourth-order valence-corrected chi connectivity index (χ4v) is 3.25. The molecule has 1 unspecified atom stereocenters. The maximum Gasteiger partial charge on any atom is 0.337 e. The van der Waals surface area contributed by atoms with E-state index in [0.29, 0.717) is 44.0 Å². The summed E-state index contributed by atoms with van der Waals surface area (Å²) in [6.45, 7) is 4.57. The third kappa shape index (κ3) is 5.03. The zero-order valence-electron chi connectivity index (χ0n) is 16.6. The van der Waals surface area contributed by atoms with Crippen molar-refractivity contribution in [3.05, 3.63) is 59.5 Å². The number of rotatable bonds is 6.